The first kappa shape index (κ1) is 22.6. The summed E-state index contributed by atoms with van der Waals surface area (Å²) < 4.78 is 5.53. The number of ether oxygens (including phenoxy) is 1. The molecule has 2 heterocycles. The molecule has 1 aliphatic heterocycles. The Kier molecular flexibility index (Phi) is 7.49. The maximum Gasteiger partial charge on any atom is 0.410 e. The lowest BCUT2D eigenvalue weighted by atomic mass is 10.1. The van der Waals surface area contributed by atoms with Gasteiger partial charge in [-0.15, -0.1) is 0 Å². The standard InChI is InChI=1S/C22H33N7O2/c1-5-23-20(24-13-16-8-6-9-17(12-16)19-25-15-26-28-19)27-18-10-7-11-29(14-18)21(30)31-22(2,3)4/h6,8-9,12,15,18H,5,7,10-11,13-14H2,1-4H3,(H2,23,24,27)(H,25,26,28). The third-order valence-electron chi connectivity index (χ3n) is 4.79. The smallest absolute Gasteiger partial charge is 0.410 e. The van der Waals surface area contributed by atoms with Crippen LogP contribution >= 0.6 is 0 Å². The zero-order chi connectivity index (χ0) is 22.3. The van der Waals surface area contributed by atoms with Gasteiger partial charge in [0.1, 0.15) is 11.9 Å². The lowest BCUT2D eigenvalue weighted by Gasteiger charge is -2.35. The molecule has 9 nitrogen and oxygen atoms in total. The fourth-order valence-electron chi connectivity index (χ4n) is 3.43. The van der Waals surface area contributed by atoms with Crippen LogP contribution in [0, 0.1) is 0 Å². The third-order valence-corrected chi connectivity index (χ3v) is 4.79. The third kappa shape index (κ3) is 6.97. The lowest BCUT2D eigenvalue weighted by Crippen LogP contribution is -2.53. The summed E-state index contributed by atoms with van der Waals surface area (Å²) in [6.07, 6.45) is 3.14. The Morgan fingerprint density at radius 3 is 2.94 bits per heavy atom. The Hall–Kier alpha value is -3.10. The number of H-pyrrole nitrogens is 1. The van der Waals surface area contributed by atoms with Gasteiger partial charge in [-0.3, -0.25) is 5.10 Å². The number of hydrogen-bond donors (Lipinski definition) is 3. The molecule has 1 unspecified atom stereocenters. The number of amides is 1. The summed E-state index contributed by atoms with van der Waals surface area (Å²) in [5, 5.41) is 13.6. The van der Waals surface area contributed by atoms with Gasteiger partial charge in [0.05, 0.1) is 6.54 Å². The van der Waals surface area contributed by atoms with Gasteiger partial charge in [-0.05, 0) is 52.2 Å². The fraction of sp³-hybridized carbons (Fsp3) is 0.545. The number of piperidine rings is 1. The molecule has 1 aliphatic rings. The Balaban J connectivity index is 1.62. The van der Waals surface area contributed by atoms with Gasteiger partial charge in [0.15, 0.2) is 11.8 Å². The fourth-order valence-corrected chi connectivity index (χ4v) is 3.43. The van der Waals surface area contributed by atoms with Crippen molar-refractivity contribution in [2.45, 2.75) is 58.7 Å². The van der Waals surface area contributed by atoms with Crippen molar-refractivity contribution in [3.63, 3.8) is 0 Å². The molecule has 0 spiro atoms. The molecule has 1 saturated heterocycles. The number of guanidine groups is 1. The van der Waals surface area contributed by atoms with E-state index in [0.29, 0.717) is 13.1 Å². The van der Waals surface area contributed by atoms with E-state index in [1.165, 1.54) is 6.33 Å². The van der Waals surface area contributed by atoms with Gasteiger partial charge in [-0.1, -0.05) is 18.2 Å². The zero-order valence-corrected chi connectivity index (χ0v) is 18.8. The van der Waals surface area contributed by atoms with E-state index in [9.17, 15) is 4.79 Å². The zero-order valence-electron chi connectivity index (χ0n) is 18.8. The van der Waals surface area contributed by atoms with Crippen molar-refractivity contribution in [1.82, 2.24) is 30.7 Å². The lowest BCUT2D eigenvalue weighted by molar-refractivity contribution is 0.0193. The molecule has 1 aromatic heterocycles. The molecule has 1 atom stereocenters. The number of nitrogens with one attached hydrogen (secondary N) is 3. The van der Waals surface area contributed by atoms with Crippen LogP contribution in [-0.2, 0) is 11.3 Å². The topological polar surface area (TPSA) is 108 Å². The number of nitrogens with zero attached hydrogens (tertiary/aromatic N) is 4. The van der Waals surface area contributed by atoms with Gasteiger partial charge < -0.3 is 20.3 Å². The van der Waals surface area contributed by atoms with Crippen LogP contribution in [0.2, 0.25) is 0 Å². The Bertz CT molecular complexity index is 874. The van der Waals surface area contributed by atoms with Crippen molar-refractivity contribution in [2.75, 3.05) is 19.6 Å². The Labute approximate surface area is 183 Å². The summed E-state index contributed by atoms with van der Waals surface area (Å²) in [6.45, 7) is 10.3. The van der Waals surface area contributed by atoms with E-state index in [1.807, 2.05) is 45.9 Å². The number of likely N-dealkylation sites (tertiary alicyclic amines) is 1. The van der Waals surface area contributed by atoms with E-state index in [-0.39, 0.29) is 12.1 Å². The molecular formula is C22H33N7O2. The average molecular weight is 428 g/mol. The normalized spacial score (nSPS) is 17.4. The van der Waals surface area contributed by atoms with E-state index in [0.717, 1.165) is 48.8 Å². The van der Waals surface area contributed by atoms with E-state index in [4.69, 9.17) is 9.73 Å². The van der Waals surface area contributed by atoms with Crippen molar-refractivity contribution in [3.8, 4) is 11.4 Å². The molecule has 9 heteroatoms. The highest BCUT2D eigenvalue weighted by atomic mass is 16.6. The predicted molar refractivity (Wildman–Crippen MR) is 121 cm³/mol. The first-order valence-corrected chi connectivity index (χ1v) is 10.8. The van der Waals surface area contributed by atoms with E-state index < -0.39 is 5.60 Å². The maximum absolute atomic E-state index is 12.4. The quantitative estimate of drug-likeness (QED) is 0.500. The van der Waals surface area contributed by atoms with Gasteiger partial charge >= 0.3 is 6.09 Å². The summed E-state index contributed by atoms with van der Waals surface area (Å²) in [5.41, 5.74) is 1.56. The second kappa shape index (κ2) is 10.3. The van der Waals surface area contributed by atoms with Gasteiger partial charge in [-0.25, -0.2) is 14.8 Å². The largest absolute Gasteiger partial charge is 0.444 e. The van der Waals surface area contributed by atoms with Crippen molar-refractivity contribution in [1.29, 1.82) is 0 Å². The highest BCUT2D eigenvalue weighted by molar-refractivity contribution is 5.80. The predicted octanol–water partition coefficient (Wildman–Crippen LogP) is 2.93. The van der Waals surface area contributed by atoms with Gasteiger partial charge in [0.25, 0.3) is 0 Å². The highest BCUT2D eigenvalue weighted by Gasteiger charge is 2.28. The molecule has 3 N–H and O–H groups in total. The van der Waals surface area contributed by atoms with Gasteiger partial charge in [-0.2, -0.15) is 5.10 Å². The molecule has 0 bridgehead atoms. The number of carbonyl (C=O) groups is 1. The summed E-state index contributed by atoms with van der Waals surface area (Å²) in [6, 6.07) is 8.20. The molecule has 1 fully saturated rings. The molecule has 0 radical (unpaired) electrons. The molecule has 1 aromatic carbocycles. The number of aliphatic imine (C=N–C) groups is 1. The van der Waals surface area contributed by atoms with E-state index in [2.05, 4.69) is 31.9 Å². The minimum atomic E-state index is -0.492. The van der Waals surface area contributed by atoms with Gasteiger partial charge in [0.2, 0.25) is 0 Å². The molecule has 2 aromatic rings. The summed E-state index contributed by atoms with van der Waals surface area (Å²) >= 11 is 0. The van der Waals surface area contributed by atoms with Crippen LogP contribution < -0.4 is 10.6 Å². The van der Waals surface area contributed by atoms with Gasteiger partial charge in [0, 0.05) is 31.2 Å². The Morgan fingerprint density at radius 2 is 2.23 bits per heavy atom. The second-order valence-electron chi connectivity index (χ2n) is 8.64. The van der Waals surface area contributed by atoms with Crippen molar-refractivity contribution < 1.29 is 9.53 Å². The summed E-state index contributed by atoms with van der Waals surface area (Å²) in [4.78, 5) is 23.1. The minimum absolute atomic E-state index is 0.125. The first-order valence-electron chi connectivity index (χ1n) is 10.8. The minimum Gasteiger partial charge on any atom is -0.444 e. The van der Waals surface area contributed by atoms with Crippen LogP contribution in [0.15, 0.2) is 35.6 Å². The maximum atomic E-state index is 12.4. The molecular weight excluding hydrogens is 394 g/mol. The first-order chi connectivity index (χ1) is 14.8. The van der Waals surface area contributed by atoms with Crippen molar-refractivity contribution >= 4 is 12.1 Å². The SMILES string of the molecule is CCNC(=NCc1cccc(-c2ncn[nH]2)c1)NC1CCCN(C(=O)OC(C)(C)C)C1. The Morgan fingerprint density at radius 1 is 1.39 bits per heavy atom. The van der Waals surface area contributed by atoms with Crippen molar-refractivity contribution in [3.05, 3.63) is 36.2 Å². The molecule has 3 rings (SSSR count). The van der Waals surface area contributed by atoms with Crippen LogP contribution in [0.1, 0.15) is 46.1 Å². The molecule has 0 aliphatic carbocycles. The number of carbonyl (C=O) groups excluding carboxylic acids is 1. The number of aromatic nitrogens is 3. The molecule has 31 heavy (non-hydrogen) atoms. The monoisotopic (exact) mass is 427 g/mol. The number of rotatable bonds is 5. The van der Waals surface area contributed by atoms with Crippen LogP contribution in [0.25, 0.3) is 11.4 Å². The van der Waals surface area contributed by atoms with Crippen LogP contribution in [0.5, 0.6) is 0 Å². The number of aromatic amines is 1. The number of hydrogen-bond acceptors (Lipinski definition) is 5. The average Bonchev–Trinajstić information content (AvgIpc) is 3.26. The van der Waals surface area contributed by atoms with E-state index >= 15 is 0 Å². The van der Waals surface area contributed by atoms with Crippen LogP contribution in [-0.4, -0.2) is 63.4 Å². The molecule has 1 amide bonds. The summed E-state index contributed by atoms with van der Waals surface area (Å²) in [7, 11) is 0. The van der Waals surface area contributed by atoms with E-state index in [1.54, 1.807) is 4.90 Å². The number of benzene rings is 1. The molecule has 168 valence electrons. The van der Waals surface area contributed by atoms with Crippen LogP contribution in [0.4, 0.5) is 4.79 Å². The van der Waals surface area contributed by atoms with Crippen LogP contribution in [0.3, 0.4) is 0 Å². The highest BCUT2D eigenvalue weighted by Crippen LogP contribution is 2.17. The summed E-state index contributed by atoms with van der Waals surface area (Å²) in [5.74, 6) is 1.48. The second-order valence-corrected chi connectivity index (χ2v) is 8.64. The molecule has 0 saturated carbocycles. The van der Waals surface area contributed by atoms with Crippen molar-refractivity contribution in [2.24, 2.45) is 4.99 Å².